The van der Waals surface area contributed by atoms with Crippen LogP contribution in [0.4, 0.5) is 0 Å². The molecule has 0 aliphatic carbocycles. The Labute approximate surface area is 116 Å². The van der Waals surface area contributed by atoms with Crippen LogP contribution in [0.25, 0.3) is 0 Å². The van der Waals surface area contributed by atoms with Crippen molar-refractivity contribution in [2.24, 2.45) is 0 Å². The van der Waals surface area contributed by atoms with Crippen LogP contribution in [-0.2, 0) is 6.42 Å². The van der Waals surface area contributed by atoms with Gasteiger partial charge in [0.2, 0.25) is 0 Å². The lowest BCUT2D eigenvalue weighted by atomic mass is 9.98. The molecule has 1 nitrogen and oxygen atoms in total. The predicted octanol–water partition coefficient (Wildman–Crippen LogP) is 4.31. The Kier molecular flexibility index (Phi) is 5.17. The maximum atomic E-state index is 2.43. The van der Waals surface area contributed by atoms with E-state index in [1.807, 2.05) is 0 Å². The van der Waals surface area contributed by atoms with E-state index in [0.29, 0.717) is 6.04 Å². The molecular weight excluding hydrogens is 230 g/mol. The predicted molar refractivity (Wildman–Crippen MR) is 82.3 cm³/mol. The molecule has 2 aromatic carbocycles. The summed E-state index contributed by atoms with van der Waals surface area (Å²) < 4.78 is 0. The molecule has 0 aromatic heterocycles. The molecule has 0 amide bonds. The second kappa shape index (κ2) is 7.10. The van der Waals surface area contributed by atoms with Gasteiger partial charge in [-0.25, -0.2) is 0 Å². The lowest BCUT2D eigenvalue weighted by Crippen LogP contribution is -2.24. The summed E-state index contributed by atoms with van der Waals surface area (Å²) in [5.41, 5.74) is 2.84. The van der Waals surface area contributed by atoms with Gasteiger partial charge in [0.15, 0.2) is 0 Å². The van der Waals surface area contributed by atoms with Crippen molar-refractivity contribution in [3.8, 4) is 0 Å². The molecular formula is C18H23N. The number of hydrogen-bond donors (Lipinski definition) is 0. The Bertz CT molecular complexity index is 464. The lowest BCUT2D eigenvalue weighted by Gasteiger charge is -2.27. The van der Waals surface area contributed by atoms with Crippen molar-refractivity contribution in [3.05, 3.63) is 71.8 Å². The van der Waals surface area contributed by atoms with Crippen LogP contribution >= 0.6 is 0 Å². The summed E-state index contributed by atoms with van der Waals surface area (Å²) in [6.45, 7) is 3.30. The first-order valence-electron chi connectivity index (χ1n) is 7.10. The van der Waals surface area contributed by atoms with E-state index in [9.17, 15) is 0 Å². The van der Waals surface area contributed by atoms with E-state index >= 15 is 0 Å². The van der Waals surface area contributed by atoms with E-state index in [1.165, 1.54) is 17.5 Å². The number of benzene rings is 2. The maximum absolute atomic E-state index is 2.43. The van der Waals surface area contributed by atoms with Gasteiger partial charge in [-0.15, -0.1) is 0 Å². The quantitative estimate of drug-likeness (QED) is 0.741. The first kappa shape index (κ1) is 13.8. The highest BCUT2D eigenvalue weighted by Gasteiger charge is 2.15. The van der Waals surface area contributed by atoms with Gasteiger partial charge in [-0.2, -0.15) is 0 Å². The number of rotatable bonds is 6. The van der Waals surface area contributed by atoms with Crippen molar-refractivity contribution in [1.82, 2.24) is 4.90 Å². The summed E-state index contributed by atoms with van der Waals surface area (Å²) in [7, 11) is 2.21. The van der Waals surface area contributed by atoms with Crippen molar-refractivity contribution >= 4 is 0 Å². The van der Waals surface area contributed by atoms with Crippen molar-refractivity contribution in [2.75, 3.05) is 13.6 Å². The average Bonchev–Trinajstić information content (AvgIpc) is 2.49. The third kappa shape index (κ3) is 3.93. The van der Waals surface area contributed by atoms with Gasteiger partial charge in [0.1, 0.15) is 0 Å². The average molecular weight is 253 g/mol. The van der Waals surface area contributed by atoms with Gasteiger partial charge in [0.05, 0.1) is 0 Å². The highest BCUT2D eigenvalue weighted by Crippen LogP contribution is 2.24. The normalized spacial score (nSPS) is 12.6. The second-order valence-electron chi connectivity index (χ2n) is 5.02. The number of aryl methyl sites for hydroxylation is 1. The van der Waals surface area contributed by atoms with Crippen LogP contribution in [0.15, 0.2) is 60.7 Å². The van der Waals surface area contributed by atoms with Crippen molar-refractivity contribution in [3.63, 3.8) is 0 Å². The molecule has 0 saturated heterocycles. The third-order valence-electron chi connectivity index (χ3n) is 3.76. The summed E-state index contributed by atoms with van der Waals surface area (Å²) >= 11 is 0. The topological polar surface area (TPSA) is 3.24 Å². The Hall–Kier alpha value is -1.60. The fourth-order valence-electron chi connectivity index (χ4n) is 2.49. The van der Waals surface area contributed by atoms with Crippen LogP contribution in [0.2, 0.25) is 0 Å². The highest BCUT2D eigenvalue weighted by atomic mass is 15.1. The van der Waals surface area contributed by atoms with E-state index in [4.69, 9.17) is 0 Å². The Morgan fingerprint density at radius 2 is 1.47 bits per heavy atom. The molecule has 100 valence electrons. The molecule has 2 rings (SSSR count). The van der Waals surface area contributed by atoms with Gasteiger partial charge in [0, 0.05) is 6.04 Å². The first-order valence-corrected chi connectivity index (χ1v) is 7.10. The Morgan fingerprint density at radius 3 is 2.05 bits per heavy atom. The largest absolute Gasteiger partial charge is 0.300 e. The molecule has 0 bridgehead atoms. The molecule has 0 heterocycles. The number of hydrogen-bond acceptors (Lipinski definition) is 1. The molecule has 2 aromatic rings. The maximum Gasteiger partial charge on any atom is 0.0348 e. The standard InChI is InChI=1S/C18H23N/c1-3-19(2)18(17-12-8-5-9-13-17)15-14-16-10-6-4-7-11-16/h4-13,18H,3,14-15H2,1-2H3. The van der Waals surface area contributed by atoms with Crippen LogP contribution in [0.3, 0.4) is 0 Å². The van der Waals surface area contributed by atoms with Gasteiger partial charge >= 0.3 is 0 Å². The summed E-state index contributed by atoms with van der Waals surface area (Å²) in [6.07, 6.45) is 2.29. The first-order chi connectivity index (χ1) is 9.31. The van der Waals surface area contributed by atoms with Crippen LogP contribution in [0.1, 0.15) is 30.5 Å². The van der Waals surface area contributed by atoms with Crippen molar-refractivity contribution < 1.29 is 0 Å². The van der Waals surface area contributed by atoms with Gasteiger partial charge in [-0.3, -0.25) is 4.90 Å². The molecule has 0 aliphatic rings. The zero-order valence-corrected chi connectivity index (χ0v) is 11.9. The van der Waals surface area contributed by atoms with Crippen molar-refractivity contribution in [2.45, 2.75) is 25.8 Å². The molecule has 1 unspecified atom stereocenters. The summed E-state index contributed by atoms with van der Waals surface area (Å²) in [6, 6.07) is 22.1. The monoisotopic (exact) mass is 253 g/mol. The zero-order chi connectivity index (χ0) is 13.5. The third-order valence-corrected chi connectivity index (χ3v) is 3.76. The van der Waals surface area contributed by atoms with Gasteiger partial charge in [-0.1, -0.05) is 67.6 Å². The molecule has 0 aliphatic heterocycles. The van der Waals surface area contributed by atoms with E-state index in [2.05, 4.69) is 79.5 Å². The zero-order valence-electron chi connectivity index (χ0n) is 11.9. The molecule has 1 atom stereocenters. The van der Waals surface area contributed by atoms with Crippen LogP contribution in [0, 0.1) is 0 Å². The van der Waals surface area contributed by atoms with Crippen LogP contribution in [-0.4, -0.2) is 18.5 Å². The van der Waals surface area contributed by atoms with E-state index < -0.39 is 0 Å². The SMILES string of the molecule is CCN(C)C(CCc1ccccc1)c1ccccc1. The van der Waals surface area contributed by atoms with Gasteiger partial charge in [0.25, 0.3) is 0 Å². The molecule has 19 heavy (non-hydrogen) atoms. The summed E-state index contributed by atoms with van der Waals surface area (Å²) in [5, 5.41) is 0. The fraction of sp³-hybridized carbons (Fsp3) is 0.333. The Balaban J connectivity index is 2.07. The lowest BCUT2D eigenvalue weighted by molar-refractivity contribution is 0.245. The minimum Gasteiger partial charge on any atom is -0.300 e. The summed E-state index contributed by atoms with van der Waals surface area (Å²) in [4.78, 5) is 2.43. The molecule has 0 saturated carbocycles. The number of nitrogens with zero attached hydrogens (tertiary/aromatic N) is 1. The Morgan fingerprint density at radius 1 is 0.895 bits per heavy atom. The van der Waals surface area contributed by atoms with E-state index in [-0.39, 0.29) is 0 Å². The van der Waals surface area contributed by atoms with E-state index in [1.54, 1.807) is 0 Å². The van der Waals surface area contributed by atoms with Gasteiger partial charge < -0.3 is 0 Å². The smallest absolute Gasteiger partial charge is 0.0348 e. The van der Waals surface area contributed by atoms with Crippen LogP contribution < -0.4 is 0 Å². The molecule has 0 spiro atoms. The van der Waals surface area contributed by atoms with Crippen molar-refractivity contribution in [1.29, 1.82) is 0 Å². The molecule has 1 heteroatoms. The van der Waals surface area contributed by atoms with Gasteiger partial charge in [-0.05, 0) is 37.6 Å². The molecule has 0 radical (unpaired) electrons. The van der Waals surface area contributed by atoms with E-state index in [0.717, 1.165) is 13.0 Å². The molecule has 0 fully saturated rings. The minimum absolute atomic E-state index is 0.506. The second-order valence-corrected chi connectivity index (χ2v) is 5.02. The summed E-state index contributed by atoms with van der Waals surface area (Å²) in [5.74, 6) is 0. The molecule has 0 N–H and O–H groups in total. The highest BCUT2D eigenvalue weighted by molar-refractivity contribution is 5.20. The fourth-order valence-corrected chi connectivity index (χ4v) is 2.49. The van der Waals surface area contributed by atoms with Crippen LogP contribution in [0.5, 0.6) is 0 Å². The minimum atomic E-state index is 0.506.